The number of amides is 1. The zero-order valence-corrected chi connectivity index (χ0v) is 20.5. The number of rotatable bonds is 7. The number of hydrogen-bond donors (Lipinski definition) is 1. The Balaban J connectivity index is 1.39. The van der Waals surface area contributed by atoms with E-state index in [4.69, 9.17) is 9.47 Å². The van der Waals surface area contributed by atoms with Gasteiger partial charge in [0.1, 0.15) is 5.75 Å². The van der Waals surface area contributed by atoms with Crippen LogP contribution < -0.4 is 10.1 Å². The Kier molecular flexibility index (Phi) is 7.42. The Morgan fingerprint density at radius 2 is 1.79 bits per heavy atom. The molecule has 0 saturated carbocycles. The fourth-order valence-corrected chi connectivity index (χ4v) is 5.72. The van der Waals surface area contributed by atoms with E-state index in [0.717, 1.165) is 21.9 Å². The van der Waals surface area contributed by atoms with E-state index in [0.29, 0.717) is 37.0 Å². The Bertz CT molecular complexity index is 1280. The number of hydrogen-bond acceptors (Lipinski definition) is 7. The van der Waals surface area contributed by atoms with Crippen LogP contribution in [0.15, 0.2) is 59.5 Å². The maximum Gasteiger partial charge on any atom is 0.250 e. The van der Waals surface area contributed by atoms with Gasteiger partial charge in [-0.15, -0.1) is 11.3 Å². The van der Waals surface area contributed by atoms with Gasteiger partial charge in [-0.05, 0) is 55.0 Å². The van der Waals surface area contributed by atoms with Crippen LogP contribution in [0.4, 0.5) is 5.13 Å². The molecule has 1 fully saturated rings. The van der Waals surface area contributed by atoms with E-state index in [1.807, 2.05) is 31.2 Å². The van der Waals surface area contributed by atoms with Gasteiger partial charge in [-0.25, -0.2) is 13.4 Å². The number of morpholine rings is 1. The first-order valence-corrected chi connectivity index (χ1v) is 12.9. The molecule has 10 heteroatoms. The van der Waals surface area contributed by atoms with Crippen LogP contribution in [0.2, 0.25) is 0 Å². The maximum absolute atomic E-state index is 12.7. The molecular weight excluding hydrogens is 474 g/mol. The lowest BCUT2D eigenvalue weighted by molar-refractivity contribution is -0.111. The number of thiazole rings is 1. The van der Waals surface area contributed by atoms with Crippen molar-refractivity contribution < 1.29 is 22.7 Å². The molecule has 0 aliphatic carbocycles. The maximum atomic E-state index is 12.7. The molecule has 3 aromatic rings. The molecule has 1 saturated heterocycles. The third-order valence-corrected chi connectivity index (χ3v) is 8.10. The fraction of sp³-hybridized carbons (Fsp3) is 0.250. The molecule has 1 amide bonds. The Labute approximate surface area is 202 Å². The summed E-state index contributed by atoms with van der Waals surface area (Å²) in [7, 11) is -1.93. The van der Waals surface area contributed by atoms with Crippen molar-refractivity contribution in [1.29, 1.82) is 0 Å². The van der Waals surface area contributed by atoms with Crippen LogP contribution in [0.5, 0.6) is 5.75 Å². The van der Waals surface area contributed by atoms with Gasteiger partial charge in [0.15, 0.2) is 5.13 Å². The molecule has 2 heterocycles. The average molecular weight is 500 g/mol. The molecule has 4 rings (SSSR count). The Hall–Kier alpha value is -3.05. The first-order valence-electron chi connectivity index (χ1n) is 10.7. The number of sulfonamides is 1. The van der Waals surface area contributed by atoms with Crippen molar-refractivity contribution in [2.75, 3.05) is 38.7 Å². The van der Waals surface area contributed by atoms with Crippen LogP contribution in [-0.2, 0) is 19.6 Å². The first-order chi connectivity index (χ1) is 16.4. The summed E-state index contributed by atoms with van der Waals surface area (Å²) < 4.78 is 37.3. The summed E-state index contributed by atoms with van der Waals surface area (Å²) in [6.45, 7) is 3.45. The number of methoxy groups -OCH3 is 1. The third kappa shape index (κ3) is 5.53. The normalized spacial score (nSPS) is 14.9. The molecule has 0 atom stereocenters. The van der Waals surface area contributed by atoms with Crippen LogP contribution in [0.25, 0.3) is 17.3 Å². The molecule has 34 heavy (non-hydrogen) atoms. The van der Waals surface area contributed by atoms with Crippen molar-refractivity contribution >= 4 is 38.5 Å². The molecular formula is C24H25N3O5S2. The molecule has 1 aromatic heterocycles. The Morgan fingerprint density at radius 1 is 1.12 bits per heavy atom. The summed E-state index contributed by atoms with van der Waals surface area (Å²) >= 11 is 1.40. The topological polar surface area (TPSA) is 97.8 Å². The molecule has 1 N–H and O–H groups in total. The zero-order valence-electron chi connectivity index (χ0n) is 18.9. The number of carbonyl (C=O) groups excluding carboxylic acids is 1. The minimum absolute atomic E-state index is 0.223. The van der Waals surface area contributed by atoms with Gasteiger partial charge >= 0.3 is 0 Å². The lowest BCUT2D eigenvalue weighted by Crippen LogP contribution is -2.40. The smallest absolute Gasteiger partial charge is 0.250 e. The standard InChI is InChI=1S/C24H25N3O5S2/c1-17-23(19-6-8-20(31-2)9-7-19)26-24(33-17)25-22(28)12-5-18-3-10-21(11-4-18)34(29,30)27-13-15-32-16-14-27/h3-12H,13-16H2,1-2H3,(H,25,26,28)/b12-5+. The molecule has 0 bridgehead atoms. The van der Waals surface area contributed by atoms with E-state index < -0.39 is 10.0 Å². The van der Waals surface area contributed by atoms with Crippen LogP contribution >= 0.6 is 11.3 Å². The predicted octanol–water partition coefficient (Wildman–Crippen LogP) is 3.80. The molecule has 0 spiro atoms. The van der Waals surface area contributed by atoms with E-state index in [-0.39, 0.29) is 10.8 Å². The van der Waals surface area contributed by atoms with Crippen LogP contribution in [0.3, 0.4) is 0 Å². The average Bonchev–Trinajstić information content (AvgIpc) is 3.23. The zero-order chi connectivity index (χ0) is 24.1. The predicted molar refractivity (Wildman–Crippen MR) is 133 cm³/mol. The number of aromatic nitrogens is 1. The van der Waals surface area contributed by atoms with E-state index >= 15 is 0 Å². The summed E-state index contributed by atoms with van der Waals surface area (Å²) in [4.78, 5) is 18.2. The first kappa shape index (κ1) is 24.1. The van der Waals surface area contributed by atoms with Crippen molar-refractivity contribution in [1.82, 2.24) is 9.29 Å². The summed E-state index contributed by atoms with van der Waals surface area (Å²) in [5.41, 5.74) is 2.46. The molecule has 2 aromatic carbocycles. The van der Waals surface area contributed by atoms with Gasteiger partial charge < -0.3 is 9.47 Å². The molecule has 178 valence electrons. The Morgan fingerprint density at radius 3 is 2.44 bits per heavy atom. The van der Waals surface area contributed by atoms with Crippen molar-refractivity contribution in [2.24, 2.45) is 0 Å². The summed E-state index contributed by atoms with van der Waals surface area (Å²) in [6, 6.07) is 14.0. The molecule has 0 unspecified atom stereocenters. The monoisotopic (exact) mass is 499 g/mol. The number of ether oxygens (including phenoxy) is 2. The van der Waals surface area contributed by atoms with Crippen molar-refractivity contribution in [3.05, 3.63) is 65.0 Å². The van der Waals surface area contributed by atoms with Crippen LogP contribution in [0.1, 0.15) is 10.4 Å². The van der Waals surface area contributed by atoms with E-state index in [9.17, 15) is 13.2 Å². The van der Waals surface area contributed by atoms with Crippen molar-refractivity contribution in [3.8, 4) is 17.0 Å². The number of nitrogens with zero attached hydrogens (tertiary/aromatic N) is 2. The van der Waals surface area contributed by atoms with E-state index in [2.05, 4.69) is 10.3 Å². The minimum Gasteiger partial charge on any atom is -0.497 e. The highest BCUT2D eigenvalue weighted by atomic mass is 32.2. The van der Waals surface area contributed by atoms with Gasteiger partial charge in [0.25, 0.3) is 0 Å². The number of aryl methyl sites for hydroxylation is 1. The SMILES string of the molecule is COc1ccc(-c2nc(NC(=O)/C=C/c3ccc(S(=O)(=O)N4CCOCC4)cc3)sc2C)cc1. The highest BCUT2D eigenvalue weighted by Crippen LogP contribution is 2.31. The number of anilines is 1. The highest BCUT2D eigenvalue weighted by Gasteiger charge is 2.26. The minimum atomic E-state index is -3.54. The summed E-state index contributed by atoms with van der Waals surface area (Å²) in [5.74, 6) is 0.446. The largest absolute Gasteiger partial charge is 0.497 e. The van der Waals surface area contributed by atoms with E-state index in [1.165, 1.54) is 21.7 Å². The second kappa shape index (κ2) is 10.5. The highest BCUT2D eigenvalue weighted by molar-refractivity contribution is 7.89. The summed E-state index contributed by atoms with van der Waals surface area (Å²) in [6.07, 6.45) is 3.03. The van der Waals surface area contributed by atoms with Gasteiger partial charge in [-0.2, -0.15) is 4.31 Å². The van der Waals surface area contributed by atoms with Crippen LogP contribution in [0, 0.1) is 6.92 Å². The third-order valence-electron chi connectivity index (χ3n) is 5.31. The molecule has 8 nitrogen and oxygen atoms in total. The quantitative estimate of drug-likeness (QED) is 0.497. The number of nitrogens with one attached hydrogen (secondary N) is 1. The molecule has 1 aliphatic rings. The lowest BCUT2D eigenvalue weighted by atomic mass is 10.1. The van der Waals surface area contributed by atoms with E-state index in [1.54, 1.807) is 37.5 Å². The van der Waals surface area contributed by atoms with Gasteiger partial charge in [-0.1, -0.05) is 12.1 Å². The second-order valence-corrected chi connectivity index (χ2v) is 10.7. The fourth-order valence-electron chi connectivity index (χ4n) is 3.47. The van der Waals surface area contributed by atoms with Gasteiger partial charge in [0.2, 0.25) is 15.9 Å². The van der Waals surface area contributed by atoms with Gasteiger partial charge in [0, 0.05) is 29.6 Å². The van der Waals surface area contributed by atoms with Crippen molar-refractivity contribution in [3.63, 3.8) is 0 Å². The van der Waals surface area contributed by atoms with Gasteiger partial charge in [0.05, 0.1) is 30.9 Å². The number of carbonyl (C=O) groups is 1. The lowest BCUT2D eigenvalue weighted by Gasteiger charge is -2.26. The summed E-state index contributed by atoms with van der Waals surface area (Å²) in [5, 5.41) is 3.29. The second-order valence-electron chi connectivity index (χ2n) is 7.56. The molecule has 0 radical (unpaired) electrons. The van der Waals surface area contributed by atoms with Crippen molar-refractivity contribution in [2.45, 2.75) is 11.8 Å². The number of benzene rings is 2. The molecule has 1 aliphatic heterocycles. The van der Waals surface area contributed by atoms with Gasteiger partial charge in [-0.3, -0.25) is 10.1 Å². The van der Waals surface area contributed by atoms with Crippen LogP contribution in [-0.4, -0.2) is 57.0 Å².